The number of carbonyl (C=O) groups excluding carboxylic acids is 1. The number of Topliss-reactive ketones (excluding diaryl/α,β-unsaturated/α-hetero) is 1. The van der Waals surface area contributed by atoms with Gasteiger partial charge in [-0.3, -0.25) is 9.69 Å². The van der Waals surface area contributed by atoms with E-state index in [-0.39, 0.29) is 6.10 Å². The van der Waals surface area contributed by atoms with E-state index in [0.717, 1.165) is 19.5 Å². The average molecular weight is 157 g/mol. The Morgan fingerprint density at radius 1 is 1.73 bits per heavy atom. The van der Waals surface area contributed by atoms with Crippen molar-refractivity contribution in [1.82, 2.24) is 4.90 Å². The normalized spacial score (nSPS) is 22.5. The molecule has 64 valence electrons. The predicted molar refractivity (Wildman–Crippen MR) is 42.5 cm³/mol. The predicted octanol–water partition coefficient (Wildman–Crippen LogP) is 0.296. The van der Waals surface area contributed by atoms with Gasteiger partial charge in [-0.2, -0.15) is 0 Å². The van der Waals surface area contributed by atoms with Gasteiger partial charge in [-0.25, -0.2) is 0 Å². The lowest BCUT2D eigenvalue weighted by Crippen LogP contribution is -2.30. The molecular weight excluding hydrogens is 142 g/mol. The smallest absolute Gasteiger partial charge is 0.148 e. The van der Waals surface area contributed by atoms with Gasteiger partial charge in [0.25, 0.3) is 0 Å². The zero-order valence-corrected chi connectivity index (χ0v) is 7.17. The molecule has 3 nitrogen and oxygen atoms in total. The number of hydrogen-bond donors (Lipinski definition) is 0. The van der Waals surface area contributed by atoms with Gasteiger partial charge in [0.05, 0.1) is 12.6 Å². The summed E-state index contributed by atoms with van der Waals surface area (Å²) >= 11 is 0. The van der Waals surface area contributed by atoms with Crippen LogP contribution in [0.4, 0.5) is 0 Å². The summed E-state index contributed by atoms with van der Waals surface area (Å²) in [6.45, 7) is 4.42. The van der Waals surface area contributed by atoms with Crippen LogP contribution in [0, 0.1) is 0 Å². The third-order valence-electron chi connectivity index (χ3n) is 2.02. The fourth-order valence-corrected chi connectivity index (χ4v) is 1.28. The highest BCUT2D eigenvalue weighted by Gasteiger charge is 2.20. The molecule has 1 unspecified atom stereocenters. The third kappa shape index (κ3) is 2.60. The van der Waals surface area contributed by atoms with Crippen LogP contribution >= 0.6 is 0 Å². The SMILES string of the molecule is COC(C)CN1CCC(=O)C1. The second-order valence-electron chi connectivity index (χ2n) is 3.07. The first-order chi connectivity index (χ1) is 5.22. The first-order valence-electron chi connectivity index (χ1n) is 3.99. The van der Waals surface area contributed by atoms with Gasteiger partial charge in [0.1, 0.15) is 5.78 Å². The first-order valence-corrected chi connectivity index (χ1v) is 3.99. The lowest BCUT2D eigenvalue weighted by molar-refractivity contribution is -0.117. The summed E-state index contributed by atoms with van der Waals surface area (Å²) in [4.78, 5) is 13.0. The van der Waals surface area contributed by atoms with Crippen LogP contribution in [0.5, 0.6) is 0 Å². The van der Waals surface area contributed by atoms with E-state index in [1.54, 1.807) is 7.11 Å². The van der Waals surface area contributed by atoms with Crippen LogP contribution in [0.25, 0.3) is 0 Å². The average Bonchev–Trinajstić information content (AvgIpc) is 2.35. The summed E-state index contributed by atoms with van der Waals surface area (Å²) in [5.41, 5.74) is 0. The van der Waals surface area contributed by atoms with Crippen molar-refractivity contribution in [1.29, 1.82) is 0 Å². The van der Waals surface area contributed by atoms with Crippen LogP contribution in [0.1, 0.15) is 13.3 Å². The fourth-order valence-electron chi connectivity index (χ4n) is 1.28. The minimum atomic E-state index is 0.237. The van der Waals surface area contributed by atoms with Crippen LogP contribution < -0.4 is 0 Å². The lowest BCUT2D eigenvalue weighted by Gasteiger charge is -2.17. The molecule has 0 radical (unpaired) electrons. The molecule has 0 aliphatic carbocycles. The molecule has 0 N–H and O–H groups in total. The van der Waals surface area contributed by atoms with Crippen molar-refractivity contribution in [2.75, 3.05) is 26.7 Å². The summed E-state index contributed by atoms with van der Waals surface area (Å²) < 4.78 is 5.09. The van der Waals surface area contributed by atoms with Gasteiger partial charge in [0.15, 0.2) is 0 Å². The van der Waals surface area contributed by atoms with Crippen LogP contribution in [-0.4, -0.2) is 43.5 Å². The molecule has 1 fully saturated rings. The topological polar surface area (TPSA) is 29.5 Å². The molecule has 0 saturated carbocycles. The number of likely N-dealkylation sites (tertiary alicyclic amines) is 1. The highest BCUT2D eigenvalue weighted by atomic mass is 16.5. The van der Waals surface area contributed by atoms with Gasteiger partial charge < -0.3 is 4.74 Å². The van der Waals surface area contributed by atoms with E-state index < -0.39 is 0 Å². The molecule has 1 heterocycles. The number of nitrogens with zero attached hydrogens (tertiary/aromatic N) is 1. The Morgan fingerprint density at radius 2 is 2.45 bits per heavy atom. The number of ether oxygens (including phenoxy) is 1. The highest BCUT2D eigenvalue weighted by molar-refractivity contribution is 5.82. The number of rotatable bonds is 3. The molecule has 0 bridgehead atoms. The van der Waals surface area contributed by atoms with Gasteiger partial charge in [0, 0.05) is 26.6 Å². The lowest BCUT2D eigenvalue weighted by atomic mass is 10.4. The summed E-state index contributed by atoms with van der Waals surface area (Å²) in [5, 5.41) is 0. The quantitative estimate of drug-likeness (QED) is 0.590. The molecule has 1 aliphatic heterocycles. The molecular formula is C8H15NO2. The van der Waals surface area contributed by atoms with Crippen LogP contribution in [0.2, 0.25) is 0 Å². The monoisotopic (exact) mass is 157 g/mol. The van der Waals surface area contributed by atoms with Crippen LogP contribution in [0.3, 0.4) is 0 Å². The van der Waals surface area contributed by atoms with E-state index in [0.29, 0.717) is 12.3 Å². The standard InChI is InChI=1S/C8H15NO2/c1-7(11-2)5-9-4-3-8(10)6-9/h7H,3-6H2,1-2H3. The van der Waals surface area contributed by atoms with E-state index in [4.69, 9.17) is 4.74 Å². The van der Waals surface area contributed by atoms with Crippen molar-refractivity contribution >= 4 is 5.78 Å². The summed E-state index contributed by atoms with van der Waals surface area (Å²) in [6.07, 6.45) is 0.956. The molecule has 1 atom stereocenters. The number of carbonyl (C=O) groups is 1. The van der Waals surface area contributed by atoms with E-state index in [9.17, 15) is 4.79 Å². The molecule has 0 spiro atoms. The molecule has 1 saturated heterocycles. The van der Waals surface area contributed by atoms with Crippen molar-refractivity contribution in [3.63, 3.8) is 0 Å². The molecule has 1 rings (SSSR count). The Morgan fingerprint density at radius 3 is 2.91 bits per heavy atom. The Bertz CT molecular complexity index is 147. The zero-order valence-electron chi connectivity index (χ0n) is 7.17. The zero-order chi connectivity index (χ0) is 8.27. The number of ketones is 1. The Labute approximate surface area is 67.3 Å². The maximum absolute atomic E-state index is 10.8. The Kier molecular flexibility index (Phi) is 3.02. The fraction of sp³-hybridized carbons (Fsp3) is 0.875. The van der Waals surface area contributed by atoms with Crippen molar-refractivity contribution in [3.05, 3.63) is 0 Å². The maximum Gasteiger partial charge on any atom is 0.148 e. The molecule has 0 aromatic heterocycles. The van der Waals surface area contributed by atoms with E-state index in [1.807, 2.05) is 6.92 Å². The van der Waals surface area contributed by atoms with Crippen molar-refractivity contribution < 1.29 is 9.53 Å². The van der Waals surface area contributed by atoms with Gasteiger partial charge in [-0.05, 0) is 6.92 Å². The minimum Gasteiger partial charge on any atom is -0.380 e. The summed E-state index contributed by atoms with van der Waals surface area (Å²) in [5.74, 6) is 0.355. The summed E-state index contributed by atoms with van der Waals surface area (Å²) in [6, 6.07) is 0. The molecule has 0 aromatic rings. The number of methoxy groups -OCH3 is 1. The van der Waals surface area contributed by atoms with Gasteiger partial charge >= 0.3 is 0 Å². The Hall–Kier alpha value is -0.410. The Balaban J connectivity index is 2.22. The van der Waals surface area contributed by atoms with E-state index in [1.165, 1.54) is 0 Å². The van der Waals surface area contributed by atoms with E-state index in [2.05, 4.69) is 4.90 Å². The molecule has 11 heavy (non-hydrogen) atoms. The maximum atomic E-state index is 10.8. The van der Waals surface area contributed by atoms with Gasteiger partial charge in [-0.1, -0.05) is 0 Å². The second-order valence-corrected chi connectivity index (χ2v) is 3.07. The van der Waals surface area contributed by atoms with Crippen molar-refractivity contribution in [2.45, 2.75) is 19.4 Å². The van der Waals surface area contributed by atoms with Crippen LogP contribution in [0.15, 0.2) is 0 Å². The molecule has 3 heteroatoms. The third-order valence-corrected chi connectivity index (χ3v) is 2.02. The summed E-state index contributed by atoms with van der Waals surface area (Å²) in [7, 11) is 1.70. The molecule has 0 aromatic carbocycles. The van der Waals surface area contributed by atoms with Crippen molar-refractivity contribution in [3.8, 4) is 0 Å². The number of hydrogen-bond acceptors (Lipinski definition) is 3. The second kappa shape index (κ2) is 3.83. The van der Waals surface area contributed by atoms with E-state index >= 15 is 0 Å². The first kappa shape index (κ1) is 8.68. The van der Waals surface area contributed by atoms with Crippen molar-refractivity contribution in [2.24, 2.45) is 0 Å². The molecule has 0 amide bonds. The van der Waals surface area contributed by atoms with Crippen LogP contribution in [-0.2, 0) is 9.53 Å². The minimum absolute atomic E-state index is 0.237. The highest BCUT2D eigenvalue weighted by Crippen LogP contribution is 2.05. The molecule has 1 aliphatic rings. The van der Waals surface area contributed by atoms with Gasteiger partial charge in [-0.15, -0.1) is 0 Å². The van der Waals surface area contributed by atoms with Gasteiger partial charge in [0.2, 0.25) is 0 Å². The largest absolute Gasteiger partial charge is 0.380 e.